The Hall–Kier alpha value is -4.07. The molecule has 1 aliphatic heterocycles. The minimum atomic E-state index is -1.09. The molecule has 0 spiro atoms. The number of methoxy groups -OCH3 is 1. The average molecular weight is 503 g/mol. The number of carboxylic acid groups (broad SMARTS) is 2. The second-order valence-electron chi connectivity index (χ2n) is 9.90. The SMILES string of the molecule is COc1ccc2c(c1)C=C(C(=O)N(C)CC(=O)O)Cn1c-2c(C2CCCCC2)c2ccc(C(=O)O)cc21. The molecule has 0 atom stereocenters. The molecule has 37 heavy (non-hydrogen) atoms. The van der Waals surface area contributed by atoms with E-state index in [1.165, 1.54) is 23.9 Å². The van der Waals surface area contributed by atoms with E-state index in [9.17, 15) is 24.6 Å². The second kappa shape index (κ2) is 9.76. The van der Waals surface area contributed by atoms with Gasteiger partial charge in [0.25, 0.3) is 5.91 Å². The topological polar surface area (TPSA) is 109 Å². The largest absolute Gasteiger partial charge is 0.497 e. The Morgan fingerprint density at radius 2 is 1.81 bits per heavy atom. The number of hydrogen-bond acceptors (Lipinski definition) is 4. The fourth-order valence-corrected chi connectivity index (χ4v) is 5.82. The lowest BCUT2D eigenvalue weighted by atomic mass is 9.81. The fraction of sp³-hybridized carbons (Fsp3) is 0.345. The van der Waals surface area contributed by atoms with Crippen molar-refractivity contribution in [3.63, 3.8) is 0 Å². The number of hydrogen-bond donors (Lipinski definition) is 2. The van der Waals surface area contributed by atoms with Crippen molar-refractivity contribution >= 4 is 34.8 Å². The van der Waals surface area contributed by atoms with Gasteiger partial charge in [-0.2, -0.15) is 0 Å². The highest BCUT2D eigenvalue weighted by atomic mass is 16.5. The number of carbonyl (C=O) groups is 3. The fourth-order valence-electron chi connectivity index (χ4n) is 5.82. The molecule has 3 aromatic rings. The first-order chi connectivity index (χ1) is 17.8. The molecule has 1 amide bonds. The first kappa shape index (κ1) is 24.6. The molecule has 1 saturated carbocycles. The van der Waals surface area contributed by atoms with Gasteiger partial charge in [-0.25, -0.2) is 4.79 Å². The Morgan fingerprint density at radius 1 is 1.05 bits per heavy atom. The van der Waals surface area contributed by atoms with Crippen molar-refractivity contribution in [1.82, 2.24) is 9.47 Å². The monoisotopic (exact) mass is 502 g/mol. The molecule has 8 nitrogen and oxygen atoms in total. The molecule has 0 saturated heterocycles. The highest BCUT2D eigenvalue weighted by Gasteiger charge is 2.31. The van der Waals surface area contributed by atoms with Gasteiger partial charge in [-0.1, -0.05) is 25.3 Å². The van der Waals surface area contributed by atoms with Crippen LogP contribution in [0.2, 0.25) is 0 Å². The van der Waals surface area contributed by atoms with Crippen molar-refractivity contribution < 1.29 is 29.3 Å². The average Bonchev–Trinajstić information content (AvgIpc) is 3.10. The minimum Gasteiger partial charge on any atom is -0.497 e. The van der Waals surface area contributed by atoms with Crippen molar-refractivity contribution in [1.29, 1.82) is 0 Å². The molecular formula is C29H30N2O6. The number of carboxylic acids is 2. The van der Waals surface area contributed by atoms with Crippen LogP contribution < -0.4 is 4.74 Å². The summed E-state index contributed by atoms with van der Waals surface area (Å²) in [6, 6.07) is 11.0. The number of aliphatic carboxylic acids is 1. The molecule has 0 radical (unpaired) electrons. The number of rotatable bonds is 6. The molecule has 2 aliphatic rings. The van der Waals surface area contributed by atoms with E-state index in [0.717, 1.165) is 53.4 Å². The van der Waals surface area contributed by atoms with Gasteiger partial charge in [0, 0.05) is 29.1 Å². The predicted molar refractivity (Wildman–Crippen MR) is 140 cm³/mol. The van der Waals surface area contributed by atoms with Crippen LogP contribution in [0, 0.1) is 0 Å². The van der Waals surface area contributed by atoms with E-state index in [0.29, 0.717) is 17.2 Å². The van der Waals surface area contributed by atoms with Crippen LogP contribution in [0.1, 0.15) is 59.5 Å². The first-order valence-corrected chi connectivity index (χ1v) is 12.5. The Morgan fingerprint density at radius 3 is 2.49 bits per heavy atom. The summed E-state index contributed by atoms with van der Waals surface area (Å²) >= 11 is 0. The highest BCUT2D eigenvalue weighted by molar-refractivity contribution is 6.04. The number of fused-ring (bicyclic) bond motifs is 5. The summed E-state index contributed by atoms with van der Waals surface area (Å²) in [5.74, 6) is -1.52. The Balaban J connectivity index is 1.80. The smallest absolute Gasteiger partial charge is 0.335 e. The van der Waals surface area contributed by atoms with E-state index in [4.69, 9.17) is 4.74 Å². The lowest BCUT2D eigenvalue weighted by Gasteiger charge is -2.24. The van der Waals surface area contributed by atoms with E-state index in [2.05, 4.69) is 0 Å². The highest BCUT2D eigenvalue weighted by Crippen LogP contribution is 2.47. The molecule has 192 valence electrons. The molecule has 5 rings (SSSR count). The molecule has 2 heterocycles. The summed E-state index contributed by atoms with van der Waals surface area (Å²) in [4.78, 5) is 37.8. The molecule has 0 bridgehead atoms. The van der Waals surface area contributed by atoms with Crippen LogP contribution in [0.25, 0.3) is 28.2 Å². The molecule has 1 aromatic heterocycles. The van der Waals surface area contributed by atoms with Crippen LogP contribution in [-0.2, 0) is 16.1 Å². The van der Waals surface area contributed by atoms with E-state index in [1.807, 2.05) is 34.9 Å². The van der Waals surface area contributed by atoms with Gasteiger partial charge in [0.2, 0.25) is 0 Å². The van der Waals surface area contributed by atoms with E-state index in [1.54, 1.807) is 19.2 Å². The predicted octanol–water partition coefficient (Wildman–Crippen LogP) is 5.00. The number of carbonyl (C=O) groups excluding carboxylic acids is 1. The van der Waals surface area contributed by atoms with Gasteiger partial charge in [0.1, 0.15) is 12.3 Å². The lowest BCUT2D eigenvalue weighted by molar-refractivity contribution is -0.142. The zero-order valence-electron chi connectivity index (χ0n) is 21.0. The van der Waals surface area contributed by atoms with Crippen LogP contribution in [0.4, 0.5) is 0 Å². The van der Waals surface area contributed by atoms with Gasteiger partial charge < -0.3 is 24.4 Å². The minimum absolute atomic E-state index is 0.182. The Labute approximate surface area is 214 Å². The van der Waals surface area contributed by atoms with Gasteiger partial charge in [-0.3, -0.25) is 9.59 Å². The number of ether oxygens (including phenoxy) is 1. The second-order valence-corrected chi connectivity index (χ2v) is 9.90. The van der Waals surface area contributed by atoms with Gasteiger partial charge in [0.05, 0.1) is 24.9 Å². The van der Waals surface area contributed by atoms with Crippen LogP contribution in [0.3, 0.4) is 0 Å². The molecule has 0 unspecified atom stereocenters. The molecular weight excluding hydrogens is 472 g/mol. The molecule has 1 aliphatic carbocycles. The summed E-state index contributed by atoms with van der Waals surface area (Å²) in [6.07, 6.45) is 7.40. The van der Waals surface area contributed by atoms with Gasteiger partial charge in [-0.05, 0) is 66.3 Å². The van der Waals surface area contributed by atoms with Crippen molar-refractivity contribution in [3.05, 3.63) is 58.7 Å². The molecule has 8 heteroatoms. The third-order valence-corrected chi connectivity index (χ3v) is 7.53. The summed E-state index contributed by atoms with van der Waals surface area (Å²) in [6.45, 7) is -0.224. The third-order valence-electron chi connectivity index (χ3n) is 7.53. The first-order valence-electron chi connectivity index (χ1n) is 12.5. The number of benzene rings is 2. The van der Waals surface area contributed by atoms with E-state index >= 15 is 0 Å². The van der Waals surface area contributed by atoms with Crippen molar-refractivity contribution in [2.75, 3.05) is 20.7 Å². The third kappa shape index (κ3) is 4.48. The zero-order chi connectivity index (χ0) is 26.3. The maximum absolute atomic E-state index is 13.4. The van der Waals surface area contributed by atoms with Crippen molar-refractivity contribution in [2.24, 2.45) is 0 Å². The molecule has 2 N–H and O–H groups in total. The van der Waals surface area contributed by atoms with E-state index < -0.39 is 18.5 Å². The normalized spacial score (nSPS) is 15.4. The van der Waals surface area contributed by atoms with Crippen molar-refractivity contribution in [2.45, 2.75) is 44.6 Å². The number of aromatic nitrogens is 1. The number of likely N-dealkylation sites (N-methyl/N-ethyl adjacent to an activating group) is 1. The van der Waals surface area contributed by atoms with Crippen LogP contribution in [0.5, 0.6) is 5.75 Å². The summed E-state index contributed by atoms with van der Waals surface area (Å²) < 4.78 is 7.52. The standard InChI is InChI=1S/C29H30N2O6/c1-30(16-25(32)33)28(34)20-12-19-13-21(37-2)9-11-22(19)27-26(17-6-4-3-5-7-17)23-10-8-18(29(35)36)14-24(23)31(27)15-20/h8-14,17H,3-7,15-16H2,1-2H3,(H,32,33)(H,35,36). The summed E-state index contributed by atoms with van der Waals surface area (Å²) in [7, 11) is 3.06. The van der Waals surface area contributed by atoms with Crippen molar-refractivity contribution in [3.8, 4) is 17.0 Å². The summed E-state index contributed by atoms with van der Waals surface area (Å²) in [5.41, 5.74) is 5.30. The van der Waals surface area contributed by atoms with Gasteiger partial charge >= 0.3 is 11.9 Å². The van der Waals surface area contributed by atoms with Crippen LogP contribution >= 0.6 is 0 Å². The van der Waals surface area contributed by atoms with E-state index in [-0.39, 0.29) is 18.0 Å². The Bertz CT molecular complexity index is 1440. The molecule has 1 fully saturated rings. The van der Waals surface area contributed by atoms with Gasteiger partial charge in [-0.15, -0.1) is 0 Å². The number of aromatic carboxylic acids is 1. The van der Waals surface area contributed by atoms with Crippen LogP contribution in [-0.4, -0.2) is 58.2 Å². The lowest BCUT2D eigenvalue weighted by Crippen LogP contribution is -2.33. The zero-order valence-corrected chi connectivity index (χ0v) is 21.0. The van der Waals surface area contributed by atoms with Gasteiger partial charge in [0.15, 0.2) is 0 Å². The number of amides is 1. The van der Waals surface area contributed by atoms with Crippen LogP contribution in [0.15, 0.2) is 42.0 Å². The number of nitrogens with zero attached hydrogens (tertiary/aromatic N) is 2. The summed E-state index contributed by atoms with van der Waals surface area (Å²) in [5, 5.41) is 20.0. The Kier molecular flexibility index (Phi) is 6.50. The maximum atomic E-state index is 13.4. The molecule has 2 aromatic carbocycles. The maximum Gasteiger partial charge on any atom is 0.335 e. The quantitative estimate of drug-likeness (QED) is 0.491.